The quantitative estimate of drug-likeness (QED) is 0.900. The lowest BCUT2D eigenvalue weighted by molar-refractivity contribution is 0.458. The lowest BCUT2D eigenvalue weighted by Crippen LogP contribution is -2.24. The first-order valence-corrected chi connectivity index (χ1v) is 8.35. The van der Waals surface area contributed by atoms with Crippen molar-refractivity contribution in [1.82, 2.24) is 9.97 Å². The molecule has 0 saturated heterocycles. The normalized spacial score (nSPS) is 20.1. The SMILES string of the molecule is CCC(C)SCc1nc(C)c2c(n1)CCC(CN)C2. The van der Waals surface area contributed by atoms with Gasteiger partial charge in [0.25, 0.3) is 0 Å². The van der Waals surface area contributed by atoms with Gasteiger partial charge < -0.3 is 5.73 Å². The van der Waals surface area contributed by atoms with Gasteiger partial charge in [-0.1, -0.05) is 13.8 Å². The fraction of sp³-hybridized carbons (Fsp3) is 0.733. The highest BCUT2D eigenvalue weighted by molar-refractivity contribution is 7.99. The molecule has 19 heavy (non-hydrogen) atoms. The second-order valence-electron chi connectivity index (χ2n) is 5.52. The highest BCUT2D eigenvalue weighted by atomic mass is 32.2. The summed E-state index contributed by atoms with van der Waals surface area (Å²) in [5.74, 6) is 2.56. The predicted octanol–water partition coefficient (Wildman–Crippen LogP) is 2.88. The smallest absolute Gasteiger partial charge is 0.138 e. The van der Waals surface area contributed by atoms with Crippen LogP contribution in [0.4, 0.5) is 0 Å². The first-order chi connectivity index (χ1) is 9.13. The third-order valence-electron chi connectivity index (χ3n) is 4.03. The van der Waals surface area contributed by atoms with E-state index in [-0.39, 0.29) is 0 Å². The van der Waals surface area contributed by atoms with Gasteiger partial charge in [-0.15, -0.1) is 0 Å². The molecule has 4 heteroatoms. The Bertz CT molecular complexity index is 434. The molecule has 106 valence electrons. The maximum absolute atomic E-state index is 5.79. The van der Waals surface area contributed by atoms with Crippen LogP contribution in [0.15, 0.2) is 0 Å². The van der Waals surface area contributed by atoms with Crippen LogP contribution in [0, 0.1) is 12.8 Å². The minimum Gasteiger partial charge on any atom is -0.330 e. The van der Waals surface area contributed by atoms with E-state index >= 15 is 0 Å². The van der Waals surface area contributed by atoms with Crippen molar-refractivity contribution in [2.75, 3.05) is 6.54 Å². The fourth-order valence-electron chi connectivity index (χ4n) is 2.52. The summed E-state index contributed by atoms with van der Waals surface area (Å²) in [7, 11) is 0. The lowest BCUT2D eigenvalue weighted by atomic mass is 9.86. The van der Waals surface area contributed by atoms with Crippen LogP contribution in [0.25, 0.3) is 0 Å². The largest absolute Gasteiger partial charge is 0.330 e. The number of hydrogen-bond donors (Lipinski definition) is 1. The van der Waals surface area contributed by atoms with E-state index in [1.807, 2.05) is 11.8 Å². The number of nitrogens with two attached hydrogens (primary N) is 1. The van der Waals surface area contributed by atoms with Crippen molar-refractivity contribution < 1.29 is 0 Å². The number of rotatable bonds is 5. The van der Waals surface area contributed by atoms with Gasteiger partial charge in [-0.2, -0.15) is 11.8 Å². The van der Waals surface area contributed by atoms with Crippen LogP contribution >= 0.6 is 11.8 Å². The molecule has 0 aromatic carbocycles. The van der Waals surface area contributed by atoms with Gasteiger partial charge in [0.15, 0.2) is 0 Å². The molecule has 0 fully saturated rings. The van der Waals surface area contributed by atoms with Crippen LogP contribution in [0.1, 0.15) is 49.5 Å². The van der Waals surface area contributed by atoms with Crippen molar-refractivity contribution in [3.63, 3.8) is 0 Å². The summed E-state index contributed by atoms with van der Waals surface area (Å²) < 4.78 is 0. The average Bonchev–Trinajstić information content (AvgIpc) is 2.44. The molecule has 1 heterocycles. The summed E-state index contributed by atoms with van der Waals surface area (Å²) in [6.45, 7) is 7.40. The van der Waals surface area contributed by atoms with E-state index in [1.165, 1.54) is 29.8 Å². The standard InChI is InChI=1S/C15H25N3S/c1-4-10(2)19-9-15-17-11(3)13-7-12(8-16)5-6-14(13)18-15/h10,12H,4-9,16H2,1-3H3. The van der Waals surface area contributed by atoms with E-state index < -0.39 is 0 Å². The maximum Gasteiger partial charge on any atom is 0.138 e. The molecule has 0 spiro atoms. The van der Waals surface area contributed by atoms with Crippen LogP contribution in [0.3, 0.4) is 0 Å². The first kappa shape index (κ1) is 14.8. The van der Waals surface area contributed by atoms with Crippen molar-refractivity contribution in [2.24, 2.45) is 11.7 Å². The van der Waals surface area contributed by atoms with Crippen molar-refractivity contribution in [1.29, 1.82) is 0 Å². The Morgan fingerprint density at radius 1 is 1.42 bits per heavy atom. The van der Waals surface area contributed by atoms with Crippen molar-refractivity contribution in [3.05, 3.63) is 22.8 Å². The van der Waals surface area contributed by atoms with Crippen LogP contribution in [-0.4, -0.2) is 21.8 Å². The second kappa shape index (κ2) is 6.71. The summed E-state index contributed by atoms with van der Waals surface area (Å²) >= 11 is 1.95. The molecule has 1 aliphatic rings. The first-order valence-electron chi connectivity index (χ1n) is 7.31. The van der Waals surface area contributed by atoms with E-state index in [1.54, 1.807) is 0 Å². The summed E-state index contributed by atoms with van der Waals surface area (Å²) in [4.78, 5) is 9.47. The summed E-state index contributed by atoms with van der Waals surface area (Å²) in [5, 5.41) is 0.682. The van der Waals surface area contributed by atoms with Crippen LogP contribution in [0.5, 0.6) is 0 Å². The van der Waals surface area contributed by atoms with Crippen molar-refractivity contribution >= 4 is 11.8 Å². The molecule has 2 rings (SSSR count). The molecule has 2 atom stereocenters. The number of hydrogen-bond acceptors (Lipinski definition) is 4. The van der Waals surface area contributed by atoms with Crippen LogP contribution < -0.4 is 5.73 Å². The zero-order valence-electron chi connectivity index (χ0n) is 12.3. The summed E-state index contributed by atoms with van der Waals surface area (Å²) in [6.07, 6.45) is 4.52. The lowest BCUT2D eigenvalue weighted by Gasteiger charge is -2.24. The van der Waals surface area contributed by atoms with Crippen molar-refractivity contribution in [2.45, 2.75) is 57.5 Å². The Labute approximate surface area is 120 Å². The third-order valence-corrected chi connectivity index (χ3v) is 5.36. The molecular weight excluding hydrogens is 254 g/mol. The minimum atomic E-state index is 0.620. The number of nitrogens with zero attached hydrogens (tertiary/aromatic N) is 2. The average molecular weight is 279 g/mol. The highest BCUT2D eigenvalue weighted by Gasteiger charge is 2.21. The molecule has 0 saturated carbocycles. The number of aryl methyl sites for hydroxylation is 2. The van der Waals surface area contributed by atoms with E-state index in [4.69, 9.17) is 10.7 Å². The molecule has 0 radical (unpaired) electrons. The van der Waals surface area contributed by atoms with Gasteiger partial charge in [-0.25, -0.2) is 9.97 Å². The Kier molecular flexibility index (Phi) is 5.22. The number of aromatic nitrogens is 2. The number of fused-ring (bicyclic) bond motifs is 1. The highest BCUT2D eigenvalue weighted by Crippen LogP contribution is 2.27. The van der Waals surface area contributed by atoms with Crippen molar-refractivity contribution in [3.8, 4) is 0 Å². The third kappa shape index (κ3) is 3.69. The van der Waals surface area contributed by atoms with Gasteiger partial charge in [-0.3, -0.25) is 0 Å². The minimum absolute atomic E-state index is 0.620. The Morgan fingerprint density at radius 3 is 2.89 bits per heavy atom. The molecule has 1 aromatic heterocycles. The monoisotopic (exact) mass is 279 g/mol. The zero-order valence-corrected chi connectivity index (χ0v) is 13.1. The van der Waals surface area contributed by atoms with E-state index in [9.17, 15) is 0 Å². The number of thioether (sulfide) groups is 1. The van der Waals surface area contributed by atoms with Crippen LogP contribution in [0.2, 0.25) is 0 Å². The topological polar surface area (TPSA) is 51.8 Å². The van der Waals surface area contributed by atoms with Gasteiger partial charge in [0.2, 0.25) is 0 Å². The molecule has 0 bridgehead atoms. The molecule has 2 unspecified atom stereocenters. The van der Waals surface area contributed by atoms with Gasteiger partial charge >= 0.3 is 0 Å². The van der Waals surface area contributed by atoms with E-state index in [2.05, 4.69) is 25.8 Å². The Hall–Kier alpha value is -0.610. The van der Waals surface area contributed by atoms with Gasteiger partial charge in [0, 0.05) is 16.6 Å². The van der Waals surface area contributed by atoms with Gasteiger partial charge in [0.1, 0.15) is 5.82 Å². The molecule has 0 amide bonds. The molecule has 1 aromatic rings. The summed E-state index contributed by atoms with van der Waals surface area (Å²) in [6, 6.07) is 0. The molecular formula is C15H25N3S. The van der Waals surface area contributed by atoms with Crippen LogP contribution in [-0.2, 0) is 18.6 Å². The fourth-order valence-corrected chi connectivity index (χ4v) is 3.32. The molecule has 3 nitrogen and oxygen atoms in total. The molecule has 0 aliphatic heterocycles. The molecule has 1 aliphatic carbocycles. The second-order valence-corrected chi connectivity index (χ2v) is 6.95. The zero-order chi connectivity index (χ0) is 13.8. The van der Waals surface area contributed by atoms with E-state index in [0.29, 0.717) is 11.2 Å². The molecule has 2 N–H and O–H groups in total. The van der Waals surface area contributed by atoms with Gasteiger partial charge in [0.05, 0.1) is 5.75 Å². The Morgan fingerprint density at radius 2 is 2.21 bits per heavy atom. The Balaban J connectivity index is 2.11. The summed E-state index contributed by atoms with van der Waals surface area (Å²) in [5.41, 5.74) is 9.60. The van der Waals surface area contributed by atoms with Gasteiger partial charge in [-0.05, 0) is 50.6 Å². The maximum atomic E-state index is 5.79. The van der Waals surface area contributed by atoms with E-state index in [0.717, 1.165) is 31.0 Å². The predicted molar refractivity (Wildman–Crippen MR) is 82.4 cm³/mol.